The van der Waals surface area contributed by atoms with Crippen LogP contribution in [0.4, 0.5) is 5.13 Å². The molecule has 0 saturated heterocycles. The Morgan fingerprint density at radius 1 is 1.13 bits per heavy atom. The highest BCUT2D eigenvalue weighted by Gasteiger charge is 2.24. The van der Waals surface area contributed by atoms with E-state index in [9.17, 15) is 13.2 Å². The predicted molar refractivity (Wildman–Crippen MR) is 124 cm³/mol. The van der Waals surface area contributed by atoms with Crippen molar-refractivity contribution in [1.29, 1.82) is 0 Å². The van der Waals surface area contributed by atoms with E-state index in [0.717, 1.165) is 19.0 Å². The molecule has 2 aromatic carbocycles. The topological polar surface area (TPSA) is 83.7 Å². The molecule has 4 aromatic rings. The third-order valence-electron chi connectivity index (χ3n) is 4.59. The maximum absolute atomic E-state index is 13.4. The monoisotopic (exact) mass is 519 g/mol. The van der Waals surface area contributed by atoms with Gasteiger partial charge in [0.2, 0.25) is 10.0 Å². The first kappa shape index (κ1) is 21.7. The third-order valence-corrected chi connectivity index (χ3v) is 7.95. The Kier molecular flexibility index (Phi) is 5.98. The average molecular weight is 520 g/mol. The van der Waals surface area contributed by atoms with Crippen molar-refractivity contribution in [3.05, 3.63) is 76.7 Å². The van der Waals surface area contributed by atoms with Crippen molar-refractivity contribution in [2.45, 2.75) is 11.4 Å². The summed E-state index contributed by atoms with van der Waals surface area (Å²) in [4.78, 5) is 19.7. The lowest BCUT2D eigenvalue weighted by atomic mass is 10.2. The maximum Gasteiger partial charge on any atom is 0.260 e. The number of amides is 1. The number of nitrogens with zero attached hydrogens (tertiary/aromatic N) is 3. The van der Waals surface area contributed by atoms with Gasteiger partial charge < -0.3 is 4.42 Å². The summed E-state index contributed by atoms with van der Waals surface area (Å²) < 4.78 is 33.1. The maximum atomic E-state index is 13.4. The quantitative estimate of drug-likeness (QED) is 0.367. The Hall–Kier alpha value is -2.53. The fourth-order valence-electron chi connectivity index (χ4n) is 2.92. The molecule has 0 aliphatic heterocycles. The van der Waals surface area contributed by atoms with Crippen LogP contribution in [0.5, 0.6) is 0 Å². The van der Waals surface area contributed by atoms with Crippen LogP contribution in [-0.2, 0) is 16.6 Å². The molecule has 31 heavy (non-hydrogen) atoms. The molecule has 0 saturated carbocycles. The van der Waals surface area contributed by atoms with Gasteiger partial charge >= 0.3 is 0 Å². The van der Waals surface area contributed by atoms with Crippen molar-refractivity contribution in [3.63, 3.8) is 0 Å². The number of aromatic nitrogens is 1. The lowest BCUT2D eigenvalue weighted by molar-refractivity contribution is 0.0983. The van der Waals surface area contributed by atoms with E-state index >= 15 is 0 Å². The summed E-state index contributed by atoms with van der Waals surface area (Å²) in [5, 5.41) is 0.527. The third kappa shape index (κ3) is 4.42. The summed E-state index contributed by atoms with van der Waals surface area (Å²) in [6.45, 7) is 0.199. The molecule has 0 aliphatic carbocycles. The predicted octanol–water partition coefficient (Wildman–Crippen LogP) is 4.75. The van der Waals surface area contributed by atoms with Crippen LogP contribution >= 0.6 is 27.3 Å². The number of halogens is 1. The van der Waals surface area contributed by atoms with Crippen LogP contribution in [0.1, 0.15) is 16.1 Å². The van der Waals surface area contributed by atoms with Crippen LogP contribution < -0.4 is 4.90 Å². The molecule has 2 aromatic heterocycles. The first-order chi connectivity index (χ1) is 14.8. The first-order valence-corrected chi connectivity index (χ1v) is 12.2. The Bertz CT molecular complexity index is 1330. The van der Waals surface area contributed by atoms with Crippen LogP contribution in [-0.4, -0.2) is 37.7 Å². The summed E-state index contributed by atoms with van der Waals surface area (Å²) in [6.07, 6.45) is 1.55. The van der Waals surface area contributed by atoms with Crippen molar-refractivity contribution >= 4 is 58.5 Å². The summed E-state index contributed by atoms with van der Waals surface area (Å²) in [6, 6.07) is 15.2. The second-order valence-electron chi connectivity index (χ2n) is 6.89. The van der Waals surface area contributed by atoms with E-state index in [1.807, 2.05) is 18.2 Å². The zero-order chi connectivity index (χ0) is 22.2. The lowest BCUT2D eigenvalue weighted by Crippen LogP contribution is -2.30. The molecule has 0 spiro atoms. The normalized spacial score (nSPS) is 11.9. The van der Waals surface area contributed by atoms with Crippen molar-refractivity contribution in [1.82, 2.24) is 9.29 Å². The van der Waals surface area contributed by atoms with E-state index in [1.54, 1.807) is 18.4 Å². The number of carbonyl (C=O) groups is 1. The summed E-state index contributed by atoms with van der Waals surface area (Å²) in [5.41, 5.74) is 1.14. The Morgan fingerprint density at radius 2 is 1.87 bits per heavy atom. The largest absolute Gasteiger partial charge is 0.467 e. The summed E-state index contributed by atoms with van der Waals surface area (Å²) >= 11 is 4.85. The van der Waals surface area contributed by atoms with Gasteiger partial charge in [-0.05, 0) is 54.6 Å². The van der Waals surface area contributed by atoms with Crippen molar-refractivity contribution in [2.24, 2.45) is 0 Å². The molecule has 0 bridgehead atoms. The summed E-state index contributed by atoms with van der Waals surface area (Å²) in [7, 11) is -0.649. The van der Waals surface area contributed by atoms with E-state index in [4.69, 9.17) is 4.42 Å². The smallest absolute Gasteiger partial charge is 0.260 e. The molecule has 0 aliphatic rings. The van der Waals surface area contributed by atoms with E-state index in [0.29, 0.717) is 16.5 Å². The number of thiazole rings is 1. The SMILES string of the molecule is CN(C)S(=O)(=O)c1ccc(C(=O)N(Cc2ccco2)c2nc3ccc(Br)cc3s2)cc1. The van der Waals surface area contributed by atoms with E-state index in [-0.39, 0.29) is 17.3 Å². The summed E-state index contributed by atoms with van der Waals surface area (Å²) in [5.74, 6) is 0.309. The molecule has 0 fully saturated rings. The van der Waals surface area contributed by atoms with E-state index in [1.165, 1.54) is 54.6 Å². The molecule has 0 N–H and O–H groups in total. The Balaban J connectivity index is 1.71. The second kappa shape index (κ2) is 8.54. The van der Waals surface area contributed by atoms with Gasteiger partial charge in [0.25, 0.3) is 5.91 Å². The van der Waals surface area contributed by atoms with Crippen LogP contribution in [0.3, 0.4) is 0 Å². The van der Waals surface area contributed by atoms with Crippen molar-refractivity contribution in [3.8, 4) is 0 Å². The first-order valence-electron chi connectivity index (χ1n) is 9.18. The molecule has 10 heteroatoms. The number of furan rings is 1. The molecule has 1 amide bonds. The molecule has 4 rings (SSSR count). The minimum Gasteiger partial charge on any atom is -0.467 e. The van der Waals surface area contributed by atoms with Gasteiger partial charge in [-0.25, -0.2) is 17.7 Å². The zero-order valence-corrected chi connectivity index (χ0v) is 19.9. The second-order valence-corrected chi connectivity index (χ2v) is 11.0. The van der Waals surface area contributed by atoms with E-state index < -0.39 is 10.0 Å². The van der Waals surface area contributed by atoms with Gasteiger partial charge in [0.1, 0.15) is 5.76 Å². The molecule has 2 heterocycles. The van der Waals surface area contributed by atoms with Gasteiger partial charge in [-0.15, -0.1) is 0 Å². The minimum atomic E-state index is -3.58. The standard InChI is InChI=1S/C21H18BrN3O4S2/c1-24(2)31(27,28)17-8-5-14(6-9-17)20(26)25(13-16-4-3-11-29-16)21-23-18-10-7-15(22)12-19(18)30-21/h3-12H,13H2,1-2H3. The van der Waals surface area contributed by atoms with Gasteiger partial charge in [-0.2, -0.15) is 0 Å². The molecule has 0 radical (unpaired) electrons. The van der Waals surface area contributed by atoms with Gasteiger partial charge in [-0.1, -0.05) is 27.3 Å². The number of carbonyl (C=O) groups excluding carboxylic acids is 1. The molecule has 0 unspecified atom stereocenters. The van der Waals surface area contributed by atoms with Gasteiger partial charge in [0, 0.05) is 24.1 Å². The van der Waals surface area contributed by atoms with Gasteiger partial charge in [0.15, 0.2) is 5.13 Å². The van der Waals surface area contributed by atoms with E-state index in [2.05, 4.69) is 20.9 Å². The number of hydrogen-bond acceptors (Lipinski definition) is 6. The molecule has 160 valence electrons. The van der Waals surface area contributed by atoms with Crippen molar-refractivity contribution < 1.29 is 17.6 Å². The molecular formula is C21H18BrN3O4S2. The van der Waals surface area contributed by atoms with Crippen LogP contribution in [0, 0.1) is 0 Å². The minimum absolute atomic E-state index is 0.122. The van der Waals surface area contributed by atoms with Crippen LogP contribution in [0.25, 0.3) is 10.2 Å². The Labute approximate surface area is 192 Å². The molecule has 7 nitrogen and oxygen atoms in total. The molecular weight excluding hydrogens is 502 g/mol. The lowest BCUT2D eigenvalue weighted by Gasteiger charge is -2.19. The number of benzene rings is 2. The zero-order valence-electron chi connectivity index (χ0n) is 16.6. The van der Waals surface area contributed by atoms with Gasteiger partial charge in [0.05, 0.1) is 27.9 Å². The number of rotatable bonds is 6. The van der Waals surface area contributed by atoms with Gasteiger partial charge in [-0.3, -0.25) is 9.69 Å². The van der Waals surface area contributed by atoms with Crippen LogP contribution in [0.2, 0.25) is 0 Å². The number of hydrogen-bond donors (Lipinski definition) is 0. The average Bonchev–Trinajstić information content (AvgIpc) is 3.40. The molecule has 0 atom stereocenters. The Morgan fingerprint density at radius 3 is 2.52 bits per heavy atom. The highest BCUT2D eigenvalue weighted by atomic mass is 79.9. The number of sulfonamides is 1. The fraction of sp³-hybridized carbons (Fsp3) is 0.143. The fourth-order valence-corrected chi connectivity index (χ4v) is 5.34. The van der Waals surface area contributed by atoms with Crippen molar-refractivity contribution in [2.75, 3.05) is 19.0 Å². The number of fused-ring (bicyclic) bond motifs is 1. The van der Waals surface area contributed by atoms with Crippen LogP contribution in [0.15, 0.2) is 74.6 Å². The highest BCUT2D eigenvalue weighted by Crippen LogP contribution is 2.32. The number of anilines is 1. The highest BCUT2D eigenvalue weighted by molar-refractivity contribution is 9.10.